The summed E-state index contributed by atoms with van der Waals surface area (Å²) in [6, 6.07) is 7.32. The average molecular weight is 314 g/mol. The van der Waals surface area contributed by atoms with Crippen molar-refractivity contribution in [2.75, 3.05) is 7.05 Å². The Bertz CT molecular complexity index is 681. The monoisotopic (exact) mass is 314 g/mol. The van der Waals surface area contributed by atoms with Crippen molar-refractivity contribution in [3.05, 3.63) is 52.0 Å². The van der Waals surface area contributed by atoms with Crippen molar-refractivity contribution in [1.29, 1.82) is 0 Å². The van der Waals surface area contributed by atoms with Crippen LogP contribution >= 0.6 is 11.3 Å². The molecule has 0 aliphatic heterocycles. The van der Waals surface area contributed by atoms with Crippen LogP contribution < -0.4 is 5.73 Å². The molecule has 0 saturated carbocycles. The minimum absolute atomic E-state index is 0.183. The molecule has 2 N–H and O–H groups in total. The molecule has 0 aliphatic carbocycles. The maximum absolute atomic E-state index is 12.8. The van der Waals surface area contributed by atoms with Crippen molar-refractivity contribution in [2.45, 2.75) is 18.0 Å². The summed E-state index contributed by atoms with van der Waals surface area (Å²) in [6.07, 6.45) is 0. The Kier molecular flexibility index (Phi) is 4.54. The Morgan fingerprint density at radius 3 is 2.50 bits per heavy atom. The van der Waals surface area contributed by atoms with E-state index >= 15 is 0 Å². The second kappa shape index (κ2) is 6.01. The first-order chi connectivity index (χ1) is 9.45. The summed E-state index contributed by atoms with van der Waals surface area (Å²) in [5.74, 6) is -0.345. The second-order valence-electron chi connectivity index (χ2n) is 4.30. The number of rotatable bonds is 5. The summed E-state index contributed by atoms with van der Waals surface area (Å²) >= 11 is 1.32. The molecule has 1 aromatic heterocycles. The van der Waals surface area contributed by atoms with Crippen molar-refractivity contribution in [1.82, 2.24) is 4.31 Å². The molecule has 7 heteroatoms. The lowest BCUT2D eigenvalue weighted by molar-refractivity contribution is 0.466. The van der Waals surface area contributed by atoms with Gasteiger partial charge in [-0.3, -0.25) is 0 Å². The third-order valence-corrected chi connectivity index (χ3v) is 5.86. The predicted molar refractivity (Wildman–Crippen MR) is 77.3 cm³/mol. The highest BCUT2D eigenvalue weighted by Gasteiger charge is 2.24. The molecule has 0 spiro atoms. The Hall–Kier alpha value is -1.28. The van der Waals surface area contributed by atoms with Crippen LogP contribution in [0.1, 0.15) is 10.4 Å². The van der Waals surface area contributed by atoms with E-state index in [2.05, 4.69) is 0 Å². The van der Waals surface area contributed by atoms with Gasteiger partial charge in [0.25, 0.3) is 0 Å². The standard InChI is InChI=1S/C13H15FN2O2S2/c1-16(9-10-2-4-11(14)5-3-10)20(17,18)13-6-7-19-12(13)8-15/h2-7H,8-9,15H2,1H3. The summed E-state index contributed by atoms with van der Waals surface area (Å²) in [4.78, 5) is 0.880. The maximum atomic E-state index is 12.8. The van der Waals surface area contributed by atoms with E-state index in [0.717, 1.165) is 5.56 Å². The smallest absolute Gasteiger partial charge is 0.244 e. The van der Waals surface area contributed by atoms with E-state index in [4.69, 9.17) is 5.73 Å². The fraction of sp³-hybridized carbons (Fsp3) is 0.231. The van der Waals surface area contributed by atoms with Gasteiger partial charge in [-0.05, 0) is 29.1 Å². The minimum Gasteiger partial charge on any atom is -0.326 e. The first kappa shape index (κ1) is 15.1. The zero-order chi connectivity index (χ0) is 14.8. The summed E-state index contributed by atoms with van der Waals surface area (Å²) in [6.45, 7) is 0.374. The molecule has 0 radical (unpaired) electrons. The molecule has 108 valence electrons. The number of thiophene rings is 1. The summed E-state index contributed by atoms with van der Waals surface area (Å²) < 4.78 is 39.0. The van der Waals surface area contributed by atoms with Gasteiger partial charge in [0.1, 0.15) is 5.82 Å². The van der Waals surface area contributed by atoms with Crippen LogP contribution in [0.25, 0.3) is 0 Å². The van der Waals surface area contributed by atoms with Gasteiger partial charge in [-0.15, -0.1) is 11.3 Å². The Labute approximate surface area is 121 Å². The molecule has 1 aromatic carbocycles. The van der Waals surface area contributed by atoms with E-state index in [0.29, 0.717) is 4.88 Å². The second-order valence-corrected chi connectivity index (χ2v) is 7.31. The fourth-order valence-corrected chi connectivity index (χ4v) is 4.27. The van der Waals surface area contributed by atoms with Gasteiger partial charge in [-0.1, -0.05) is 12.1 Å². The lowest BCUT2D eigenvalue weighted by atomic mass is 10.2. The van der Waals surface area contributed by atoms with Crippen LogP contribution in [0.4, 0.5) is 4.39 Å². The summed E-state index contributed by atoms with van der Waals surface area (Å²) in [5.41, 5.74) is 6.27. The molecule has 2 aromatic rings. The number of sulfonamides is 1. The molecule has 4 nitrogen and oxygen atoms in total. The van der Waals surface area contributed by atoms with Crippen LogP contribution in [0, 0.1) is 5.82 Å². The summed E-state index contributed by atoms with van der Waals surface area (Å²) in [5, 5.41) is 1.71. The van der Waals surface area contributed by atoms with Crippen LogP contribution in [-0.2, 0) is 23.1 Å². The van der Waals surface area contributed by atoms with Gasteiger partial charge < -0.3 is 5.73 Å². The minimum atomic E-state index is -3.58. The average Bonchev–Trinajstić information content (AvgIpc) is 2.90. The van der Waals surface area contributed by atoms with Gasteiger partial charge in [0, 0.05) is 25.0 Å². The van der Waals surface area contributed by atoms with Gasteiger partial charge in [0.2, 0.25) is 10.0 Å². The lowest BCUT2D eigenvalue weighted by Crippen LogP contribution is -2.27. The zero-order valence-corrected chi connectivity index (χ0v) is 12.5. The van der Waals surface area contributed by atoms with Crippen molar-refractivity contribution < 1.29 is 12.8 Å². The molecule has 0 unspecified atom stereocenters. The lowest BCUT2D eigenvalue weighted by Gasteiger charge is -2.17. The molecule has 0 atom stereocenters. The Morgan fingerprint density at radius 1 is 1.25 bits per heavy atom. The van der Waals surface area contributed by atoms with E-state index in [1.165, 1.54) is 34.8 Å². The van der Waals surface area contributed by atoms with Crippen LogP contribution in [0.5, 0.6) is 0 Å². The molecular weight excluding hydrogens is 299 g/mol. The first-order valence-electron chi connectivity index (χ1n) is 5.92. The molecular formula is C13H15FN2O2S2. The van der Waals surface area contributed by atoms with Crippen LogP contribution in [-0.4, -0.2) is 19.8 Å². The van der Waals surface area contributed by atoms with E-state index in [1.807, 2.05) is 0 Å². The van der Waals surface area contributed by atoms with Crippen LogP contribution in [0.2, 0.25) is 0 Å². The normalized spacial score (nSPS) is 12.0. The molecule has 2 rings (SSSR count). The van der Waals surface area contributed by atoms with E-state index in [9.17, 15) is 12.8 Å². The van der Waals surface area contributed by atoms with E-state index < -0.39 is 10.0 Å². The number of hydrogen-bond acceptors (Lipinski definition) is 4. The molecule has 0 amide bonds. The quantitative estimate of drug-likeness (QED) is 0.920. The predicted octanol–water partition coefficient (Wildman–Crippen LogP) is 2.17. The maximum Gasteiger partial charge on any atom is 0.244 e. The SMILES string of the molecule is CN(Cc1ccc(F)cc1)S(=O)(=O)c1ccsc1CN. The van der Waals surface area contributed by atoms with Gasteiger partial charge in [0.15, 0.2) is 0 Å². The number of hydrogen-bond donors (Lipinski definition) is 1. The van der Waals surface area contributed by atoms with Crippen molar-refractivity contribution >= 4 is 21.4 Å². The van der Waals surface area contributed by atoms with Gasteiger partial charge >= 0.3 is 0 Å². The van der Waals surface area contributed by atoms with Gasteiger partial charge in [-0.2, -0.15) is 4.31 Å². The molecule has 0 fully saturated rings. The third-order valence-electron chi connectivity index (χ3n) is 2.90. The highest BCUT2D eigenvalue weighted by Crippen LogP contribution is 2.25. The van der Waals surface area contributed by atoms with E-state index in [1.54, 1.807) is 23.6 Å². The number of benzene rings is 1. The van der Waals surface area contributed by atoms with Gasteiger partial charge in [0.05, 0.1) is 4.90 Å². The Balaban J connectivity index is 2.23. The molecule has 0 aliphatic rings. The molecule has 0 bridgehead atoms. The highest BCUT2D eigenvalue weighted by molar-refractivity contribution is 7.89. The van der Waals surface area contributed by atoms with Crippen molar-refractivity contribution in [3.8, 4) is 0 Å². The fourth-order valence-electron chi connectivity index (χ4n) is 1.81. The third kappa shape index (κ3) is 3.06. The number of halogens is 1. The highest BCUT2D eigenvalue weighted by atomic mass is 32.2. The van der Waals surface area contributed by atoms with Gasteiger partial charge in [-0.25, -0.2) is 12.8 Å². The zero-order valence-electron chi connectivity index (χ0n) is 10.9. The molecule has 20 heavy (non-hydrogen) atoms. The number of nitrogens with two attached hydrogens (primary N) is 1. The van der Waals surface area contributed by atoms with Crippen LogP contribution in [0.15, 0.2) is 40.6 Å². The van der Waals surface area contributed by atoms with Crippen molar-refractivity contribution in [3.63, 3.8) is 0 Å². The molecule has 1 heterocycles. The topological polar surface area (TPSA) is 63.4 Å². The number of nitrogens with zero attached hydrogens (tertiary/aromatic N) is 1. The largest absolute Gasteiger partial charge is 0.326 e. The Morgan fingerprint density at radius 2 is 1.90 bits per heavy atom. The molecule has 0 saturated heterocycles. The summed E-state index contributed by atoms with van der Waals surface area (Å²) in [7, 11) is -2.08. The van der Waals surface area contributed by atoms with Crippen molar-refractivity contribution in [2.24, 2.45) is 5.73 Å². The van der Waals surface area contributed by atoms with Crippen LogP contribution in [0.3, 0.4) is 0 Å². The van der Waals surface area contributed by atoms with E-state index in [-0.39, 0.29) is 23.8 Å². The first-order valence-corrected chi connectivity index (χ1v) is 8.24.